The predicted octanol–water partition coefficient (Wildman–Crippen LogP) is 0.938. The second kappa shape index (κ2) is 9.73. The molecule has 1 aromatic carbocycles. The molecular weight excluding hydrogens is 348 g/mol. The van der Waals surface area contributed by atoms with E-state index in [1.165, 1.54) is 16.7 Å². The van der Waals surface area contributed by atoms with Gasteiger partial charge in [-0.15, -0.1) is 0 Å². The number of fused-ring (bicyclic) bond motifs is 1. The lowest BCUT2D eigenvalue weighted by molar-refractivity contribution is -0.858. The molecular formula is C19H29N4O2S+. The van der Waals surface area contributed by atoms with Crippen molar-refractivity contribution in [1.29, 1.82) is 0 Å². The molecule has 0 aliphatic rings. The second-order valence-corrected chi connectivity index (χ2v) is 8.04. The van der Waals surface area contributed by atoms with Crippen molar-refractivity contribution in [3.8, 4) is 0 Å². The van der Waals surface area contributed by atoms with Crippen LogP contribution in [0.3, 0.4) is 0 Å². The van der Waals surface area contributed by atoms with Crippen molar-refractivity contribution in [1.82, 2.24) is 14.9 Å². The maximum absolute atomic E-state index is 13.0. The third kappa shape index (κ3) is 5.32. The molecule has 1 amide bonds. The van der Waals surface area contributed by atoms with Gasteiger partial charge in [-0.25, -0.2) is 4.98 Å². The highest BCUT2D eigenvalue weighted by molar-refractivity contribution is 8.00. The first-order valence-corrected chi connectivity index (χ1v) is 10.0. The summed E-state index contributed by atoms with van der Waals surface area (Å²) in [6.07, 6.45) is 1.78. The number of benzene rings is 1. The number of nitrogens with one attached hydrogen (secondary N) is 2. The zero-order chi connectivity index (χ0) is 19.1. The molecule has 6 nitrogen and oxygen atoms in total. The van der Waals surface area contributed by atoms with E-state index in [4.69, 9.17) is 0 Å². The number of amides is 1. The molecule has 0 radical (unpaired) electrons. The van der Waals surface area contributed by atoms with Gasteiger partial charge in [0, 0.05) is 19.5 Å². The van der Waals surface area contributed by atoms with Crippen LogP contribution in [0.15, 0.2) is 34.2 Å². The smallest absolute Gasteiger partial charge is 0.262 e. The molecule has 1 aromatic heterocycles. The summed E-state index contributed by atoms with van der Waals surface area (Å²) < 4.78 is 1.72. The minimum absolute atomic E-state index is 0.0245. The van der Waals surface area contributed by atoms with E-state index in [1.54, 1.807) is 4.57 Å². The van der Waals surface area contributed by atoms with Crippen molar-refractivity contribution in [2.24, 2.45) is 0 Å². The van der Waals surface area contributed by atoms with Gasteiger partial charge in [0.15, 0.2) is 5.16 Å². The van der Waals surface area contributed by atoms with Crippen LogP contribution in [-0.4, -0.2) is 47.9 Å². The van der Waals surface area contributed by atoms with Crippen molar-refractivity contribution in [2.75, 3.05) is 27.2 Å². The summed E-state index contributed by atoms with van der Waals surface area (Å²) in [6.45, 7) is 6.11. The van der Waals surface area contributed by atoms with E-state index in [-0.39, 0.29) is 16.7 Å². The number of para-hydroxylation sites is 1. The summed E-state index contributed by atoms with van der Waals surface area (Å²) in [5, 5.41) is 3.83. The van der Waals surface area contributed by atoms with Crippen molar-refractivity contribution in [2.45, 2.75) is 43.6 Å². The molecule has 142 valence electrons. The average Bonchev–Trinajstić information content (AvgIpc) is 2.61. The zero-order valence-corrected chi connectivity index (χ0v) is 16.9. The number of aromatic nitrogens is 2. The number of rotatable bonds is 9. The number of hydrogen-bond acceptors (Lipinski definition) is 4. The van der Waals surface area contributed by atoms with Crippen LogP contribution in [0.1, 0.15) is 26.7 Å². The molecule has 2 N–H and O–H groups in total. The molecule has 2 rings (SSSR count). The van der Waals surface area contributed by atoms with Gasteiger partial charge in [0.05, 0.1) is 36.8 Å². The minimum Gasteiger partial charge on any atom is -0.355 e. The third-order valence-corrected chi connectivity index (χ3v) is 5.18. The molecule has 0 fully saturated rings. The first-order valence-electron chi connectivity index (χ1n) is 9.17. The Hall–Kier alpha value is -1.86. The Morgan fingerprint density at radius 3 is 2.77 bits per heavy atom. The van der Waals surface area contributed by atoms with Crippen LogP contribution in [0.25, 0.3) is 10.9 Å². The monoisotopic (exact) mass is 377 g/mol. The van der Waals surface area contributed by atoms with E-state index in [1.807, 2.05) is 38.1 Å². The van der Waals surface area contributed by atoms with Crippen LogP contribution in [-0.2, 0) is 11.3 Å². The molecule has 7 heteroatoms. The quantitative estimate of drug-likeness (QED) is 0.504. The van der Waals surface area contributed by atoms with Crippen molar-refractivity contribution < 1.29 is 9.69 Å². The molecule has 1 atom stereocenters. The Labute approximate surface area is 159 Å². The van der Waals surface area contributed by atoms with Crippen LogP contribution in [0.4, 0.5) is 0 Å². The molecule has 0 saturated carbocycles. The van der Waals surface area contributed by atoms with Crippen molar-refractivity contribution in [3.05, 3.63) is 34.6 Å². The predicted molar refractivity (Wildman–Crippen MR) is 107 cm³/mol. The van der Waals surface area contributed by atoms with Gasteiger partial charge in [-0.3, -0.25) is 14.2 Å². The van der Waals surface area contributed by atoms with Crippen molar-refractivity contribution in [3.63, 3.8) is 0 Å². The van der Waals surface area contributed by atoms with Gasteiger partial charge in [0.2, 0.25) is 5.91 Å². The molecule has 0 aliphatic heterocycles. The SMILES string of the molecule is CCCNC(=O)[C@@H](C)Sc1nc2ccccc2c(=O)n1CCC[NH+](C)C. The molecule has 0 spiro atoms. The van der Waals surface area contributed by atoms with Crippen LogP contribution >= 0.6 is 11.8 Å². The molecule has 0 aliphatic carbocycles. The van der Waals surface area contributed by atoms with Gasteiger partial charge >= 0.3 is 0 Å². The maximum Gasteiger partial charge on any atom is 0.262 e. The van der Waals surface area contributed by atoms with Crippen LogP contribution < -0.4 is 15.8 Å². The highest BCUT2D eigenvalue weighted by Gasteiger charge is 2.19. The van der Waals surface area contributed by atoms with E-state index >= 15 is 0 Å². The molecule has 26 heavy (non-hydrogen) atoms. The number of carbonyl (C=O) groups is 1. The van der Waals surface area contributed by atoms with Crippen LogP contribution in [0, 0.1) is 0 Å². The summed E-state index contributed by atoms with van der Waals surface area (Å²) in [5.41, 5.74) is 0.642. The fourth-order valence-corrected chi connectivity index (χ4v) is 3.59. The number of thioether (sulfide) groups is 1. The van der Waals surface area contributed by atoms with Gasteiger partial charge < -0.3 is 10.2 Å². The molecule has 1 heterocycles. The Morgan fingerprint density at radius 2 is 2.08 bits per heavy atom. The molecule has 0 saturated heterocycles. The Morgan fingerprint density at radius 1 is 1.35 bits per heavy atom. The van der Waals surface area contributed by atoms with E-state index in [2.05, 4.69) is 24.4 Å². The summed E-state index contributed by atoms with van der Waals surface area (Å²) in [7, 11) is 4.19. The average molecular weight is 378 g/mol. The molecule has 2 aromatic rings. The summed E-state index contributed by atoms with van der Waals surface area (Å²) in [6, 6.07) is 7.38. The van der Waals surface area contributed by atoms with E-state index in [9.17, 15) is 9.59 Å². The fourth-order valence-electron chi connectivity index (χ4n) is 2.63. The summed E-state index contributed by atoms with van der Waals surface area (Å²) in [5.74, 6) is -0.0245. The lowest BCUT2D eigenvalue weighted by Gasteiger charge is -2.16. The summed E-state index contributed by atoms with van der Waals surface area (Å²) in [4.78, 5) is 31.2. The number of carbonyl (C=O) groups excluding carboxylic acids is 1. The first-order chi connectivity index (χ1) is 12.4. The Balaban J connectivity index is 2.32. The minimum atomic E-state index is -0.305. The number of quaternary nitrogens is 1. The first kappa shape index (κ1) is 20.5. The van der Waals surface area contributed by atoms with Crippen LogP contribution in [0.2, 0.25) is 0 Å². The zero-order valence-electron chi connectivity index (χ0n) is 16.0. The third-order valence-electron chi connectivity index (χ3n) is 4.09. The lowest BCUT2D eigenvalue weighted by Crippen LogP contribution is -3.05. The molecule has 0 unspecified atom stereocenters. The second-order valence-electron chi connectivity index (χ2n) is 6.73. The van der Waals surface area contributed by atoms with Gasteiger partial charge in [0.1, 0.15) is 0 Å². The standard InChI is InChI=1S/C19H28N4O2S/c1-5-11-20-17(24)14(2)26-19-21-16-10-7-6-9-15(16)18(25)23(19)13-8-12-22(3)4/h6-7,9-10,14H,5,8,11-13H2,1-4H3,(H,20,24)/p+1/t14-/m1/s1. The highest BCUT2D eigenvalue weighted by Crippen LogP contribution is 2.22. The molecule has 0 bridgehead atoms. The number of hydrogen-bond donors (Lipinski definition) is 2. The maximum atomic E-state index is 13.0. The van der Waals surface area contributed by atoms with Gasteiger partial charge in [-0.05, 0) is 25.5 Å². The van der Waals surface area contributed by atoms with Gasteiger partial charge in [-0.1, -0.05) is 30.8 Å². The van der Waals surface area contributed by atoms with Gasteiger partial charge in [-0.2, -0.15) is 0 Å². The lowest BCUT2D eigenvalue weighted by atomic mass is 10.2. The van der Waals surface area contributed by atoms with E-state index in [0.717, 1.165) is 19.4 Å². The normalized spacial score (nSPS) is 12.5. The summed E-state index contributed by atoms with van der Waals surface area (Å²) >= 11 is 1.35. The topological polar surface area (TPSA) is 68.4 Å². The fraction of sp³-hybridized carbons (Fsp3) is 0.526. The highest BCUT2D eigenvalue weighted by atomic mass is 32.2. The largest absolute Gasteiger partial charge is 0.355 e. The Kier molecular flexibility index (Phi) is 7.66. The van der Waals surface area contributed by atoms with Crippen LogP contribution in [0.5, 0.6) is 0 Å². The number of nitrogens with zero attached hydrogens (tertiary/aromatic N) is 2. The van der Waals surface area contributed by atoms with E-state index in [0.29, 0.717) is 29.1 Å². The van der Waals surface area contributed by atoms with Gasteiger partial charge in [0.25, 0.3) is 5.56 Å². The van der Waals surface area contributed by atoms with E-state index < -0.39 is 0 Å². The Bertz CT molecular complexity index is 804. The van der Waals surface area contributed by atoms with Crippen molar-refractivity contribution >= 4 is 28.6 Å².